The van der Waals surface area contributed by atoms with Crippen LogP contribution in [-0.4, -0.2) is 53.9 Å². The summed E-state index contributed by atoms with van der Waals surface area (Å²) in [5.74, 6) is -0.361. The molecule has 1 aromatic heterocycles. The number of hydrogen-bond acceptors (Lipinski definition) is 4. The van der Waals surface area contributed by atoms with Crippen LogP contribution < -0.4 is 4.90 Å². The number of morpholine rings is 1. The molecule has 0 atom stereocenters. The zero-order chi connectivity index (χ0) is 22.8. The predicted octanol–water partition coefficient (Wildman–Crippen LogP) is 4.00. The van der Waals surface area contributed by atoms with Crippen LogP contribution in [-0.2, 0) is 24.1 Å². The number of carbonyl (C=O) groups is 1. The van der Waals surface area contributed by atoms with Gasteiger partial charge in [0.1, 0.15) is 5.82 Å². The van der Waals surface area contributed by atoms with Gasteiger partial charge in [0.05, 0.1) is 18.9 Å². The van der Waals surface area contributed by atoms with E-state index in [0.29, 0.717) is 12.2 Å². The van der Waals surface area contributed by atoms with Crippen molar-refractivity contribution in [1.29, 1.82) is 0 Å². The van der Waals surface area contributed by atoms with Crippen molar-refractivity contribution in [2.24, 2.45) is 0 Å². The third-order valence-corrected chi connectivity index (χ3v) is 6.55. The van der Waals surface area contributed by atoms with Gasteiger partial charge in [0.2, 0.25) is 0 Å². The lowest BCUT2D eigenvalue weighted by Gasteiger charge is -2.31. The lowest BCUT2D eigenvalue weighted by atomic mass is 9.95. The molecule has 0 saturated carbocycles. The Morgan fingerprint density at radius 3 is 2.58 bits per heavy atom. The number of nitrogens with zero attached hydrogens (tertiary/aromatic N) is 4. The number of carbonyl (C=O) groups excluding carboxylic acids is 1. The Morgan fingerprint density at radius 1 is 1.06 bits per heavy atom. The maximum atomic E-state index is 13.6. The Labute approximate surface area is 193 Å². The fourth-order valence-corrected chi connectivity index (χ4v) is 4.83. The molecule has 0 unspecified atom stereocenters. The molecule has 0 bridgehead atoms. The molecule has 7 heteroatoms. The summed E-state index contributed by atoms with van der Waals surface area (Å²) in [6.45, 7) is 3.64. The van der Waals surface area contributed by atoms with Crippen LogP contribution in [0.25, 0.3) is 5.69 Å². The molecule has 1 aliphatic carbocycles. The van der Waals surface area contributed by atoms with Gasteiger partial charge in [0.25, 0.3) is 5.91 Å². The fraction of sp³-hybridized carbons (Fsp3) is 0.385. The van der Waals surface area contributed by atoms with Gasteiger partial charge >= 0.3 is 0 Å². The Morgan fingerprint density at radius 2 is 1.79 bits per heavy atom. The van der Waals surface area contributed by atoms with Crippen molar-refractivity contribution < 1.29 is 13.9 Å². The standard InChI is InChI=1S/C26H29FN4O2/c1-29(18-19-6-2-4-8-23(19)30-14-16-33-17-15-30)26(32)25-22-7-3-5-9-24(22)31(28-25)21-12-10-20(27)11-13-21/h2,4,6,8,10-13H,3,5,7,9,14-18H2,1H3. The summed E-state index contributed by atoms with van der Waals surface area (Å²) in [5, 5.41) is 4.74. The summed E-state index contributed by atoms with van der Waals surface area (Å²) < 4.78 is 20.8. The van der Waals surface area contributed by atoms with Gasteiger partial charge in [-0.1, -0.05) is 18.2 Å². The van der Waals surface area contributed by atoms with Crippen molar-refractivity contribution in [3.05, 3.63) is 76.9 Å². The van der Waals surface area contributed by atoms with Crippen LogP contribution in [0.1, 0.15) is 40.2 Å². The Hall–Kier alpha value is -3.19. The largest absolute Gasteiger partial charge is 0.378 e. The second-order valence-electron chi connectivity index (χ2n) is 8.76. The van der Waals surface area contributed by atoms with Gasteiger partial charge in [-0.25, -0.2) is 9.07 Å². The van der Waals surface area contributed by atoms with Gasteiger partial charge in [-0.2, -0.15) is 5.10 Å². The molecule has 2 aromatic carbocycles. The Balaban J connectivity index is 1.43. The zero-order valence-electron chi connectivity index (χ0n) is 19.0. The topological polar surface area (TPSA) is 50.6 Å². The molecule has 172 valence electrons. The number of benzene rings is 2. The number of rotatable bonds is 5. The average molecular weight is 449 g/mol. The number of anilines is 1. The van der Waals surface area contributed by atoms with E-state index >= 15 is 0 Å². The summed E-state index contributed by atoms with van der Waals surface area (Å²) in [6, 6.07) is 14.6. The first kappa shape index (κ1) is 21.6. The number of ether oxygens (including phenoxy) is 1. The summed E-state index contributed by atoms with van der Waals surface area (Å²) in [6.07, 6.45) is 3.83. The molecule has 3 aromatic rings. The van der Waals surface area contributed by atoms with E-state index in [1.54, 1.807) is 17.0 Å². The third-order valence-electron chi connectivity index (χ3n) is 6.55. The molecule has 33 heavy (non-hydrogen) atoms. The highest BCUT2D eigenvalue weighted by atomic mass is 19.1. The molecule has 0 N–H and O–H groups in total. The first-order valence-corrected chi connectivity index (χ1v) is 11.6. The van der Waals surface area contributed by atoms with Crippen LogP contribution in [0.2, 0.25) is 0 Å². The third kappa shape index (κ3) is 4.37. The molecule has 2 heterocycles. The first-order valence-electron chi connectivity index (χ1n) is 11.6. The predicted molar refractivity (Wildman–Crippen MR) is 125 cm³/mol. The van der Waals surface area contributed by atoms with Crippen molar-refractivity contribution in [1.82, 2.24) is 14.7 Å². The van der Waals surface area contributed by atoms with Crippen LogP contribution in [0.5, 0.6) is 0 Å². The minimum absolute atomic E-state index is 0.0780. The minimum Gasteiger partial charge on any atom is -0.378 e. The van der Waals surface area contributed by atoms with E-state index in [9.17, 15) is 9.18 Å². The van der Waals surface area contributed by atoms with Crippen LogP contribution in [0.4, 0.5) is 10.1 Å². The number of amides is 1. The maximum absolute atomic E-state index is 13.6. The van der Waals surface area contributed by atoms with Crippen molar-refractivity contribution in [2.75, 3.05) is 38.3 Å². The van der Waals surface area contributed by atoms with Crippen molar-refractivity contribution in [3.8, 4) is 5.69 Å². The Kier molecular flexibility index (Phi) is 6.13. The Bertz CT molecular complexity index is 1140. The zero-order valence-corrected chi connectivity index (χ0v) is 19.0. The fourth-order valence-electron chi connectivity index (χ4n) is 4.83. The van der Waals surface area contributed by atoms with E-state index in [0.717, 1.165) is 80.2 Å². The quantitative estimate of drug-likeness (QED) is 0.592. The van der Waals surface area contributed by atoms with E-state index in [-0.39, 0.29) is 11.7 Å². The lowest BCUT2D eigenvalue weighted by Crippen LogP contribution is -2.37. The molecular formula is C26H29FN4O2. The summed E-state index contributed by atoms with van der Waals surface area (Å²) in [7, 11) is 1.84. The van der Waals surface area contributed by atoms with Crippen molar-refractivity contribution in [3.63, 3.8) is 0 Å². The normalized spacial score (nSPS) is 15.9. The number of halogens is 1. The minimum atomic E-state index is -0.283. The van der Waals surface area contributed by atoms with E-state index in [1.165, 1.54) is 12.1 Å². The highest BCUT2D eigenvalue weighted by molar-refractivity contribution is 5.94. The van der Waals surface area contributed by atoms with Crippen LogP contribution in [0.3, 0.4) is 0 Å². The molecule has 0 radical (unpaired) electrons. The summed E-state index contributed by atoms with van der Waals surface area (Å²) in [4.78, 5) is 17.6. The molecule has 1 aliphatic heterocycles. The molecule has 0 spiro atoms. The molecule has 5 rings (SSSR count). The second kappa shape index (κ2) is 9.35. The lowest BCUT2D eigenvalue weighted by molar-refractivity contribution is 0.0777. The smallest absolute Gasteiger partial charge is 0.274 e. The molecule has 2 aliphatic rings. The number of hydrogen-bond donors (Lipinski definition) is 0. The molecule has 6 nitrogen and oxygen atoms in total. The van der Waals surface area contributed by atoms with Gasteiger partial charge in [0, 0.05) is 43.6 Å². The van der Waals surface area contributed by atoms with E-state index in [4.69, 9.17) is 9.84 Å². The van der Waals surface area contributed by atoms with Gasteiger partial charge in [-0.05, 0) is 61.6 Å². The molecular weight excluding hydrogens is 419 g/mol. The van der Waals surface area contributed by atoms with Crippen LogP contribution in [0, 0.1) is 5.82 Å². The van der Waals surface area contributed by atoms with E-state index in [1.807, 2.05) is 23.9 Å². The average Bonchev–Trinajstić information content (AvgIpc) is 3.24. The van der Waals surface area contributed by atoms with E-state index in [2.05, 4.69) is 17.0 Å². The van der Waals surface area contributed by atoms with Gasteiger partial charge in [-0.15, -0.1) is 0 Å². The number of fused-ring (bicyclic) bond motifs is 1. The van der Waals surface area contributed by atoms with Crippen LogP contribution >= 0.6 is 0 Å². The molecule has 1 saturated heterocycles. The second-order valence-corrected chi connectivity index (χ2v) is 8.76. The first-order chi connectivity index (χ1) is 16.1. The highest BCUT2D eigenvalue weighted by Crippen LogP contribution is 2.29. The molecule has 1 fully saturated rings. The van der Waals surface area contributed by atoms with Gasteiger partial charge < -0.3 is 14.5 Å². The van der Waals surface area contributed by atoms with Gasteiger partial charge in [-0.3, -0.25) is 4.79 Å². The monoisotopic (exact) mass is 448 g/mol. The molecule has 1 amide bonds. The summed E-state index contributed by atoms with van der Waals surface area (Å²) in [5.41, 5.74) is 5.66. The van der Waals surface area contributed by atoms with Crippen molar-refractivity contribution >= 4 is 11.6 Å². The van der Waals surface area contributed by atoms with E-state index < -0.39 is 0 Å². The summed E-state index contributed by atoms with van der Waals surface area (Å²) >= 11 is 0. The van der Waals surface area contributed by atoms with Crippen molar-refractivity contribution in [2.45, 2.75) is 32.2 Å². The number of aromatic nitrogens is 2. The van der Waals surface area contributed by atoms with Crippen LogP contribution in [0.15, 0.2) is 48.5 Å². The highest BCUT2D eigenvalue weighted by Gasteiger charge is 2.28. The SMILES string of the molecule is CN(Cc1ccccc1N1CCOCC1)C(=O)c1nn(-c2ccc(F)cc2)c2c1CCCC2. The maximum Gasteiger partial charge on any atom is 0.274 e. The van der Waals surface area contributed by atoms with Gasteiger partial charge in [0.15, 0.2) is 5.69 Å². The number of para-hydroxylation sites is 1.